The lowest BCUT2D eigenvalue weighted by molar-refractivity contribution is -0.150. The van der Waals surface area contributed by atoms with Crippen molar-refractivity contribution in [1.29, 1.82) is 0 Å². The molecule has 1 amide bonds. The summed E-state index contributed by atoms with van der Waals surface area (Å²) in [5.74, 6) is -1.60. The minimum absolute atomic E-state index is 0.127. The van der Waals surface area contributed by atoms with Gasteiger partial charge in [0.25, 0.3) is 0 Å². The minimum Gasteiger partial charge on any atom is -0.479 e. The Morgan fingerprint density at radius 1 is 1.29 bits per heavy atom. The molecule has 112 valence electrons. The first-order valence-corrected chi connectivity index (χ1v) is 7.16. The number of carboxylic acids is 1. The van der Waals surface area contributed by atoms with Crippen LogP contribution in [-0.4, -0.2) is 40.6 Å². The van der Waals surface area contributed by atoms with Crippen LogP contribution in [0.5, 0.6) is 0 Å². The van der Waals surface area contributed by atoms with Crippen LogP contribution in [0.15, 0.2) is 24.3 Å². The molecule has 0 spiro atoms. The van der Waals surface area contributed by atoms with Gasteiger partial charge in [-0.1, -0.05) is 29.8 Å². The fourth-order valence-electron chi connectivity index (χ4n) is 3.12. The third-order valence-electron chi connectivity index (χ3n) is 4.62. The predicted octanol–water partition coefficient (Wildman–Crippen LogP) is 2.05. The quantitative estimate of drug-likeness (QED) is 0.927. The van der Waals surface area contributed by atoms with Crippen LogP contribution < -0.4 is 0 Å². The number of halogens is 1. The molecule has 1 aliphatic heterocycles. The summed E-state index contributed by atoms with van der Waals surface area (Å²) in [6, 6.07) is 7.80. The molecule has 1 aromatic carbocycles. The lowest BCUT2D eigenvalue weighted by Crippen LogP contribution is -2.42. The molecular formula is C16H18FNO3. The van der Waals surface area contributed by atoms with Gasteiger partial charge in [0.2, 0.25) is 11.6 Å². The number of alkyl halides is 1. The highest BCUT2D eigenvalue weighted by molar-refractivity contribution is 5.92. The Kier molecular flexibility index (Phi) is 3.04. The van der Waals surface area contributed by atoms with Crippen LogP contribution in [0.25, 0.3) is 0 Å². The Balaban J connectivity index is 1.82. The van der Waals surface area contributed by atoms with Crippen molar-refractivity contribution in [3.8, 4) is 0 Å². The molecule has 1 N–H and O–H groups in total. The summed E-state index contributed by atoms with van der Waals surface area (Å²) in [4.78, 5) is 25.1. The zero-order chi connectivity index (χ0) is 15.3. The normalized spacial score (nSPS) is 26.7. The molecule has 2 aliphatic rings. The van der Waals surface area contributed by atoms with Crippen molar-refractivity contribution >= 4 is 11.9 Å². The Hall–Kier alpha value is -1.91. The smallest absolute Gasteiger partial charge is 0.343 e. The maximum Gasteiger partial charge on any atom is 0.343 e. The fourth-order valence-corrected chi connectivity index (χ4v) is 3.12. The third kappa shape index (κ3) is 2.20. The van der Waals surface area contributed by atoms with Gasteiger partial charge in [-0.25, -0.2) is 9.18 Å². The van der Waals surface area contributed by atoms with Gasteiger partial charge in [0, 0.05) is 13.0 Å². The van der Waals surface area contributed by atoms with Gasteiger partial charge in [-0.05, 0) is 25.3 Å². The first-order valence-electron chi connectivity index (χ1n) is 7.16. The highest BCUT2D eigenvalue weighted by Crippen LogP contribution is 2.50. The van der Waals surface area contributed by atoms with Gasteiger partial charge in [-0.3, -0.25) is 4.79 Å². The van der Waals surface area contributed by atoms with Crippen molar-refractivity contribution in [2.75, 3.05) is 13.1 Å². The lowest BCUT2D eigenvalue weighted by Gasteiger charge is -2.24. The molecule has 1 saturated heterocycles. The molecule has 0 radical (unpaired) electrons. The highest BCUT2D eigenvalue weighted by atomic mass is 19.1. The number of carboxylic acid groups (broad SMARTS) is 1. The molecule has 4 nitrogen and oxygen atoms in total. The number of nitrogens with zero attached hydrogens (tertiary/aromatic N) is 1. The Labute approximate surface area is 122 Å². The Bertz CT molecular complexity index is 611. The molecule has 1 heterocycles. The number of likely N-dealkylation sites (tertiary alicyclic amines) is 1. The van der Waals surface area contributed by atoms with E-state index >= 15 is 0 Å². The largest absolute Gasteiger partial charge is 0.479 e. The van der Waals surface area contributed by atoms with Crippen LogP contribution in [0.1, 0.15) is 30.4 Å². The summed E-state index contributed by atoms with van der Waals surface area (Å²) in [6.45, 7) is 1.81. The molecule has 1 saturated carbocycles. The van der Waals surface area contributed by atoms with Crippen molar-refractivity contribution in [2.45, 2.75) is 37.3 Å². The van der Waals surface area contributed by atoms with Gasteiger partial charge in [0.15, 0.2) is 0 Å². The Morgan fingerprint density at radius 3 is 2.52 bits per heavy atom. The van der Waals surface area contributed by atoms with Gasteiger partial charge < -0.3 is 10.0 Å². The monoisotopic (exact) mass is 291 g/mol. The predicted molar refractivity (Wildman–Crippen MR) is 74.8 cm³/mol. The van der Waals surface area contributed by atoms with E-state index in [4.69, 9.17) is 5.11 Å². The molecule has 1 aromatic rings. The van der Waals surface area contributed by atoms with Crippen molar-refractivity contribution in [2.24, 2.45) is 0 Å². The van der Waals surface area contributed by atoms with Gasteiger partial charge in [-0.15, -0.1) is 0 Å². The number of benzene rings is 1. The minimum atomic E-state index is -2.29. The standard InChI is InChI=1S/C16H18FNO3/c1-11-3-2-4-12(9-11)15(5-6-15)13(19)18-8-7-16(17,10-18)14(20)21/h2-4,9H,5-8,10H2,1H3,(H,20,21). The highest BCUT2D eigenvalue weighted by Gasteiger charge is 2.56. The van der Waals surface area contributed by atoms with E-state index in [0.29, 0.717) is 0 Å². The van der Waals surface area contributed by atoms with Crippen LogP contribution in [-0.2, 0) is 15.0 Å². The van der Waals surface area contributed by atoms with Crippen LogP contribution in [0.3, 0.4) is 0 Å². The molecule has 0 bridgehead atoms. The average Bonchev–Trinajstić information content (AvgIpc) is 3.15. The van der Waals surface area contributed by atoms with Crippen molar-refractivity contribution in [1.82, 2.24) is 4.90 Å². The van der Waals surface area contributed by atoms with Crippen LogP contribution >= 0.6 is 0 Å². The molecule has 1 unspecified atom stereocenters. The molecule has 1 atom stereocenters. The molecular weight excluding hydrogens is 273 g/mol. The molecule has 3 rings (SSSR count). The van der Waals surface area contributed by atoms with Crippen molar-refractivity contribution in [3.63, 3.8) is 0 Å². The second-order valence-electron chi connectivity index (χ2n) is 6.20. The first-order chi connectivity index (χ1) is 9.87. The van der Waals surface area contributed by atoms with E-state index in [9.17, 15) is 14.0 Å². The number of hydrogen-bond donors (Lipinski definition) is 1. The average molecular weight is 291 g/mol. The van der Waals surface area contributed by atoms with E-state index in [-0.39, 0.29) is 25.4 Å². The zero-order valence-electron chi connectivity index (χ0n) is 11.9. The zero-order valence-corrected chi connectivity index (χ0v) is 11.9. The molecule has 21 heavy (non-hydrogen) atoms. The van der Waals surface area contributed by atoms with Crippen LogP contribution in [0.4, 0.5) is 4.39 Å². The van der Waals surface area contributed by atoms with Gasteiger partial charge in [-0.2, -0.15) is 0 Å². The van der Waals surface area contributed by atoms with E-state index < -0.39 is 17.1 Å². The molecule has 0 aromatic heterocycles. The second kappa shape index (κ2) is 4.55. The Morgan fingerprint density at radius 2 is 2.00 bits per heavy atom. The van der Waals surface area contributed by atoms with E-state index in [0.717, 1.165) is 24.0 Å². The summed E-state index contributed by atoms with van der Waals surface area (Å²) in [7, 11) is 0. The van der Waals surface area contributed by atoms with E-state index in [1.54, 1.807) is 0 Å². The second-order valence-corrected chi connectivity index (χ2v) is 6.20. The molecule has 2 fully saturated rings. The van der Waals surface area contributed by atoms with E-state index in [2.05, 4.69) is 0 Å². The van der Waals surface area contributed by atoms with Gasteiger partial charge in [0.05, 0.1) is 12.0 Å². The maximum atomic E-state index is 14.1. The number of carbonyl (C=O) groups excluding carboxylic acids is 1. The van der Waals surface area contributed by atoms with Crippen molar-refractivity contribution < 1.29 is 19.1 Å². The summed E-state index contributed by atoms with van der Waals surface area (Å²) < 4.78 is 14.1. The summed E-state index contributed by atoms with van der Waals surface area (Å²) in [6.07, 6.45) is 1.37. The number of carbonyl (C=O) groups is 2. The SMILES string of the molecule is Cc1cccc(C2(C(=O)N3CCC(F)(C(=O)O)C3)CC2)c1. The van der Waals surface area contributed by atoms with E-state index in [1.807, 2.05) is 31.2 Å². The van der Waals surface area contributed by atoms with E-state index in [1.165, 1.54) is 4.90 Å². The number of amides is 1. The number of hydrogen-bond acceptors (Lipinski definition) is 2. The van der Waals surface area contributed by atoms with Crippen molar-refractivity contribution in [3.05, 3.63) is 35.4 Å². The lowest BCUT2D eigenvalue weighted by atomic mass is 9.93. The summed E-state index contributed by atoms with van der Waals surface area (Å²) in [5.41, 5.74) is -0.814. The number of aryl methyl sites for hydroxylation is 1. The maximum absolute atomic E-state index is 14.1. The van der Waals surface area contributed by atoms with Gasteiger partial charge >= 0.3 is 5.97 Å². The molecule has 5 heteroatoms. The number of rotatable bonds is 3. The fraction of sp³-hybridized carbons (Fsp3) is 0.500. The summed E-state index contributed by atoms with van der Waals surface area (Å²) >= 11 is 0. The first kappa shape index (κ1) is 14.0. The number of aliphatic carboxylic acids is 1. The van der Waals surface area contributed by atoms with Crippen LogP contribution in [0.2, 0.25) is 0 Å². The van der Waals surface area contributed by atoms with Crippen LogP contribution in [0, 0.1) is 6.92 Å². The molecule has 1 aliphatic carbocycles. The topological polar surface area (TPSA) is 57.6 Å². The third-order valence-corrected chi connectivity index (χ3v) is 4.62. The summed E-state index contributed by atoms with van der Waals surface area (Å²) in [5, 5.41) is 8.93. The van der Waals surface area contributed by atoms with Gasteiger partial charge in [0.1, 0.15) is 0 Å².